The Labute approximate surface area is 140 Å². The SMILES string of the molecule is CCCOc1ccc(/C=C/c2ncc(C(=O)NC)s2)cc1OC. The standard InChI is InChI=1S/C17H20N2O3S/c1-4-9-22-13-7-5-12(10-14(13)21-3)6-8-16-19-11-15(23-16)17(20)18-2/h5-8,10-11H,4,9H2,1-3H3,(H,18,20)/b8-6+. The van der Waals surface area contributed by atoms with Gasteiger partial charge in [-0.25, -0.2) is 4.98 Å². The smallest absolute Gasteiger partial charge is 0.262 e. The van der Waals surface area contributed by atoms with Gasteiger partial charge in [0, 0.05) is 7.05 Å². The Morgan fingerprint density at radius 1 is 1.35 bits per heavy atom. The molecular weight excluding hydrogens is 312 g/mol. The second kappa shape index (κ2) is 8.33. The van der Waals surface area contributed by atoms with Gasteiger partial charge in [-0.05, 0) is 30.2 Å². The topological polar surface area (TPSA) is 60.5 Å². The summed E-state index contributed by atoms with van der Waals surface area (Å²) in [6.45, 7) is 2.72. The van der Waals surface area contributed by atoms with Crippen molar-refractivity contribution in [1.82, 2.24) is 10.3 Å². The average Bonchev–Trinajstić information content (AvgIpc) is 3.06. The normalized spacial score (nSPS) is 10.7. The predicted octanol–water partition coefficient (Wildman–Crippen LogP) is 3.47. The molecule has 122 valence electrons. The van der Waals surface area contributed by atoms with Crippen LogP contribution in [0.3, 0.4) is 0 Å². The summed E-state index contributed by atoms with van der Waals surface area (Å²) in [5.41, 5.74) is 0.974. The van der Waals surface area contributed by atoms with Crippen LogP contribution in [0.1, 0.15) is 33.6 Å². The van der Waals surface area contributed by atoms with Crippen LogP contribution in [0.25, 0.3) is 12.2 Å². The third-order valence-corrected chi connectivity index (χ3v) is 4.00. The van der Waals surface area contributed by atoms with Crippen molar-refractivity contribution < 1.29 is 14.3 Å². The number of carbonyl (C=O) groups is 1. The van der Waals surface area contributed by atoms with E-state index in [2.05, 4.69) is 17.2 Å². The van der Waals surface area contributed by atoms with Crippen molar-refractivity contribution in [2.75, 3.05) is 20.8 Å². The van der Waals surface area contributed by atoms with E-state index >= 15 is 0 Å². The monoisotopic (exact) mass is 332 g/mol. The number of aromatic nitrogens is 1. The lowest BCUT2D eigenvalue weighted by atomic mass is 10.2. The first-order valence-electron chi connectivity index (χ1n) is 7.34. The lowest BCUT2D eigenvalue weighted by Crippen LogP contribution is -2.16. The summed E-state index contributed by atoms with van der Waals surface area (Å²) >= 11 is 1.34. The molecule has 1 aromatic carbocycles. The summed E-state index contributed by atoms with van der Waals surface area (Å²) in [4.78, 5) is 16.3. The average molecular weight is 332 g/mol. The molecule has 1 amide bonds. The van der Waals surface area contributed by atoms with Crippen molar-refractivity contribution in [2.24, 2.45) is 0 Å². The molecule has 6 heteroatoms. The van der Waals surface area contributed by atoms with Gasteiger partial charge in [0.2, 0.25) is 0 Å². The fourth-order valence-corrected chi connectivity index (χ4v) is 2.65. The van der Waals surface area contributed by atoms with Crippen LogP contribution in [0.15, 0.2) is 24.4 Å². The van der Waals surface area contributed by atoms with E-state index in [9.17, 15) is 4.79 Å². The number of hydrogen-bond donors (Lipinski definition) is 1. The maximum Gasteiger partial charge on any atom is 0.262 e. The number of ether oxygens (including phenoxy) is 2. The molecule has 2 aromatic rings. The van der Waals surface area contributed by atoms with Crippen molar-refractivity contribution in [3.8, 4) is 11.5 Å². The van der Waals surface area contributed by atoms with E-state index < -0.39 is 0 Å². The number of nitrogens with zero attached hydrogens (tertiary/aromatic N) is 1. The number of benzene rings is 1. The fraction of sp³-hybridized carbons (Fsp3) is 0.294. The second-order valence-electron chi connectivity index (χ2n) is 4.73. The van der Waals surface area contributed by atoms with Gasteiger partial charge in [-0.1, -0.05) is 19.1 Å². The number of thiazole rings is 1. The highest BCUT2D eigenvalue weighted by molar-refractivity contribution is 7.14. The molecule has 0 aliphatic carbocycles. The maximum absolute atomic E-state index is 11.5. The van der Waals surface area contributed by atoms with Crippen LogP contribution in [0.5, 0.6) is 11.5 Å². The number of methoxy groups -OCH3 is 1. The number of amides is 1. The van der Waals surface area contributed by atoms with Crippen LogP contribution < -0.4 is 14.8 Å². The predicted molar refractivity (Wildman–Crippen MR) is 93.2 cm³/mol. The van der Waals surface area contributed by atoms with E-state index in [1.54, 1.807) is 20.4 Å². The van der Waals surface area contributed by atoms with E-state index in [-0.39, 0.29) is 5.91 Å². The summed E-state index contributed by atoms with van der Waals surface area (Å²) in [5, 5.41) is 3.36. The Morgan fingerprint density at radius 2 is 2.17 bits per heavy atom. The van der Waals surface area contributed by atoms with Crippen LogP contribution in [0.2, 0.25) is 0 Å². The first-order valence-corrected chi connectivity index (χ1v) is 8.16. The van der Waals surface area contributed by atoms with Gasteiger partial charge in [0.25, 0.3) is 5.91 Å². The molecule has 0 radical (unpaired) electrons. The van der Waals surface area contributed by atoms with Gasteiger partial charge >= 0.3 is 0 Å². The molecule has 0 saturated carbocycles. The fourth-order valence-electron chi connectivity index (χ4n) is 1.88. The summed E-state index contributed by atoms with van der Waals surface area (Å²) in [6, 6.07) is 5.76. The lowest BCUT2D eigenvalue weighted by Gasteiger charge is -2.10. The molecule has 1 aromatic heterocycles. The van der Waals surface area contributed by atoms with E-state index in [1.807, 2.05) is 30.4 Å². The molecule has 0 saturated heterocycles. The molecule has 0 fully saturated rings. The minimum absolute atomic E-state index is 0.124. The molecule has 0 aliphatic rings. The van der Waals surface area contributed by atoms with E-state index in [1.165, 1.54) is 11.3 Å². The number of nitrogens with one attached hydrogen (secondary N) is 1. The lowest BCUT2D eigenvalue weighted by molar-refractivity contribution is 0.0967. The van der Waals surface area contributed by atoms with Crippen molar-refractivity contribution in [2.45, 2.75) is 13.3 Å². The summed E-state index contributed by atoms with van der Waals surface area (Å²) in [6.07, 6.45) is 6.32. The quantitative estimate of drug-likeness (QED) is 0.843. The Hall–Kier alpha value is -2.34. The molecule has 2 rings (SSSR count). The van der Waals surface area contributed by atoms with Gasteiger partial charge in [-0.3, -0.25) is 4.79 Å². The largest absolute Gasteiger partial charge is 0.493 e. The van der Waals surface area contributed by atoms with Gasteiger partial charge in [-0.2, -0.15) is 0 Å². The van der Waals surface area contributed by atoms with Crippen molar-refractivity contribution in [3.05, 3.63) is 39.8 Å². The minimum atomic E-state index is -0.124. The van der Waals surface area contributed by atoms with Crippen LogP contribution >= 0.6 is 11.3 Å². The summed E-state index contributed by atoms with van der Waals surface area (Å²) < 4.78 is 11.0. The van der Waals surface area contributed by atoms with Crippen LogP contribution in [0.4, 0.5) is 0 Å². The van der Waals surface area contributed by atoms with Crippen LogP contribution in [-0.4, -0.2) is 31.7 Å². The Bertz CT molecular complexity index is 695. The summed E-state index contributed by atoms with van der Waals surface area (Å²) in [7, 11) is 3.23. The number of rotatable bonds is 7. The molecule has 0 unspecified atom stereocenters. The number of hydrogen-bond acceptors (Lipinski definition) is 5. The van der Waals surface area contributed by atoms with Gasteiger partial charge in [0.05, 0.1) is 19.9 Å². The Kier molecular flexibility index (Phi) is 6.17. The van der Waals surface area contributed by atoms with E-state index in [4.69, 9.17) is 9.47 Å². The van der Waals surface area contributed by atoms with E-state index in [0.717, 1.165) is 22.7 Å². The van der Waals surface area contributed by atoms with Crippen LogP contribution in [0, 0.1) is 0 Å². The molecule has 1 heterocycles. The maximum atomic E-state index is 11.5. The molecule has 0 spiro atoms. The van der Waals surface area contributed by atoms with Crippen molar-refractivity contribution in [3.63, 3.8) is 0 Å². The van der Waals surface area contributed by atoms with Gasteiger partial charge in [-0.15, -0.1) is 11.3 Å². The van der Waals surface area contributed by atoms with Gasteiger partial charge in [0.15, 0.2) is 11.5 Å². The zero-order valence-corrected chi connectivity index (χ0v) is 14.3. The van der Waals surface area contributed by atoms with Gasteiger partial charge in [0.1, 0.15) is 9.88 Å². The third-order valence-electron chi connectivity index (χ3n) is 3.04. The first-order chi connectivity index (χ1) is 11.2. The second-order valence-corrected chi connectivity index (χ2v) is 5.80. The summed E-state index contributed by atoms with van der Waals surface area (Å²) in [5.74, 6) is 1.31. The molecule has 23 heavy (non-hydrogen) atoms. The minimum Gasteiger partial charge on any atom is -0.493 e. The molecular formula is C17H20N2O3S. The first kappa shape index (κ1) is 17.0. The highest BCUT2D eigenvalue weighted by atomic mass is 32.1. The van der Waals surface area contributed by atoms with Crippen LogP contribution in [-0.2, 0) is 0 Å². The zero-order valence-electron chi connectivity index (χ0n) is 13.5. The number of carbonyl (C=O) groups excluding carboxylic acids is 1. The highest BCUT2D eigenvalue weighted by Gasteiger charge is 2.07. The molecule has 0 aliphatic heterocycles. The third kappa shape index (κ3) is 4.56. The Morgan fingerprint density at radius 3 is 2.87 bits per heavy atom. The van der Waals surface area contributed by atoms with Crippen molar-refractivity contribution >= 4 is 29.4 Å². The molecule has 0 atom stereocenters. The highest BCUT2D eigenvalue weighted by Crippen LogP contribution is 2.29. The Balaban J connectivity index is 2.13. The van der Waals surface area contributed by atoms with Crippen molar-refractivity contribution in [1.29, 1.82) is 0 Å². The molecule has 5 nitrogen and oxygen atoms in total. The molecule has 1 N–H and O–H groups in total. The van der Waals surface area contributed by atoms with E-state index in [0.29, 0.717) is 17.2 Å². The van der Waals surface area contributed by atoms with Gasteiger partial charge < -0.3 is 14.8 Å². The zero-order chi connectivity index (χ0) is 16.7. The molecule has 0 bridgehead atoms.